The highest BCUT2D eigenvalue weighted by molar-refractivity contribution is 5.76. The van der Waals surface area contributed by atoms with Crippen LogP contribution in [0.2, 0.25) is 0 Å². The molecule has 0 radical (unpaired) electrons. The fourth-order valence-corrected chi connectivity index (χ4v) is 3.44. The predicted molar refractivity (Wildman–Crippen MR) is 87.8 cm³/mol. The first kappa shape index (κ1) is 18.2. The lowest BCUT2D eigenvalue weighted by Gasteiger charge is -2.38. The van der Waals surface area contributed by atoms with Gasteiger partial charge in [-0.05, 0) is 24.8 Å². The largest absolute Gasteiger partial charge is 0.393 e. The van der Waals surface area contributed by atoms with Crippen LogP contribution in [0.15, 0.2) is 18.2 Å². The number of carbonyl (C=O) groups excluding carboxylic acids is 1. The molecule has 2 fully saturated rings. The van der Waals surface area contributed by atoms with Crippen molar-refractivity contribution in [3.8, 4) is 0 Å². The number of benzene rings is 1. The number of nitrogens with zero attached hydrogens (tertiary/aromatic N) is 1. The Labute approximate surface area is 146 Å². The van der Waals surface area contributed by atoms with Crippen molar-refractivity contribution in [3.63, 3.8) is 0 Å². The van der Waals surface area contributed by atoms with E-state index in [4.69, 9.17) is 4.74 Å². The number of amides is 1. The second-order valence-electron chi connectivity index (χ2n) is 6.80. The van der Waals surface area contributed by atoms with Crippen LogP contribution in [0, 0.1) is 17.6 Å². The Morgan fingerprint density at radius 1 is 1.32 bits per heavy atom. The molecular formula is C18H24F2N2O3. The minimum Gasteiger partial charge on any atom is -0.393 e. The average Bonchev–Trinajstić information content (AvgIpc) is 2.57. The molecule has 138 valence electrons. The Hall–Kier alpha value is -1.57. The van der Waals surface area contributed by atoms with Crippen LogP contribution in [0.4, 0.5) is 8.78 Å². The third kappa shape index (κ3) is 4.74. The molecule has 5 nitrogen and oxygen atoms in total. The second-order valence-corrected chi connectivity index (χ2v) is 6.80. The molecule has 1 amide bonds. The quantitative estimate of drug-likeness (QED) is 0.815. The summed E-state index contributed by atoms with van der Waals surface area (Å²) in [6, 6.07) is 2.86. The SMILES string of the molecule is O=C(CCN1CCOCC1)N[C@@H](c1ccc(F)cc1F)C1CC(O)C1. The molecule has 0 aromatic heterocycles. The minimum absolute atomic E-state index is 0.0395. The summed E-state index contributed by atoms with van der Waals surface area (Å²) in [6.45, 7) is 3.58. The van der Waals surface area contributed by atoms with Crippen molar-refractivity contribution < 1.29 is 23.4 Å². The fraction of sp³-hybridized carbons (Fsp3) is 0.611. The summed E-state index contributed by atoms with van der Waals surface area (Å²) in [4.78, 5) is 14.5. The summed E-state index contributed by atoms with van der Waals surface area (Å²) in [6.07, 6.45) is 0.909. The normalized spacial score (nSPS) is 25.2. The first-order valence-corrected chi connectivity index (χ1v) is 8.75. The van der Waals surface area contributed by atoms with Crippen molar-refractivity contribution in [2.45, 2.75) is 31.4 Å². The molecule has 0 spiro atoms. The Morgan fingerprint density at radius 3 is 2.68 bits per heavy atom. The lowest BCUT2D eigenvalue weighted by Crippen LogP contribution is -2.43. The maximum Gasteiger partial charge on any atom is 0.221 e. The van der Waals surface area contributed by atoms with Crippen LogP contribution in [0.5, 0.6) is 0 Å². The third-order valence-corrected chi connectivity index (χ3v) is 4.99. The van der Waals surface area contributed by atoms with E-state index in [1.165, 1.54) is 12.1 Å². The Morgan fingerprint density at radius 2 is 2.04 bits per heavy atom. The Balaban J connectivity index is 1.62. The number of nitrogens with one attached hydrogen (secondary N) is 1. The number of halogens is 2. The number of rotatable bonds is 6. The highest BCUT2D eigenvalue weighted by Crippen LogP contribution is 2.39. The molecule has 0 unspecified atom stereocenters. The van der Waals surface area contributed by atoms with Crippen molar-refractivity contribution in [3.05, 3.63) is 35.4 Å². The molecule has 7 heteroatoms. The average molecular weight is 354 g/mol. The van der Waals surface area contributed by atoms with Gasteiger partial charge in [-0.3, -0.25) is 9.69 Å². The molecule has 1 heterocycles. The predicted octanol–water partition coefficient (Wildman–Crippen LogP) is 1.62. The van der Waals surface area contributed by atoms with Gasteiger partial charge in [0.05, 0.1) is 25.4 Å². The summed E-state index contributed by atoms with van der Waals surface area (Å²) in [5.41, 5.74) is 0.276. The van der Waals surface area contributed by atoms with Crippen molar-refractivity contribution in [1.29, 1.82) is 0 Å². The van der Waals surface area contributed by atoms with Crippen molar-refractivity contribution >= 4 is 5.91 Å². The van der Waals surface area contributed by atoms with Crippen LogP contribution >= 0.6 is 0 Å². The van der Waals surface area contributed by atoms with Crippen LogP contribution in [0.25, 0.3) is 0 Å². The van der Waals surface area contributed by atoms with E-state index >= 15 is 0 Å². The lowest BCUT2D eigenvalue weighted by atomic mass is 9.75. The van der Waals surface area contributed by atoms with E-state index in [1.54, 1.807) is 0 Å². The summed E-state index contributed by atoms with van der Waals surface area (Å²) >= 11 is 0. The number of aliphatic hydroxyl groups excluding tert-OH is 1. The minimum atomic E-state index is -0.667. The van der Waals surface area contributed by atoms with E-state index in [1.807, 2.05) is 0 Å². The van der Waals surface area contributed by atoms with Gasteiger partial charge in [0, 0.05) is 37.7 Å². The van der Waals surface area contributed by atoms with E-state index in [9.17, 15) is 18.7 Å². The lowest BCUT2D eigenvalue weighted by molar-refractivity contribution is -0.123. The zero-order chi connectivity index (χ0) is 17.8. The van der Waals surface area contributed by atoms with Gasteiger partial charge in [0.1, 0.15) is 11.6 Å². The second kappa shape index (κ2) is 8.21. The fourth-order valence-electron chi connectivity index (χ4n) is 3.44. The zero-order valence-corrected chi connectivity index (χ0v) is 14.1. The number of hydrogen-bond donors (Lipinski definition) is 2. The number of carbonyl (C=O) groups is 1. The standard InChI is InChI=1S/C18H24F2N2O3/c19-13-1-2-15(16(20)11-13)18(12-9-14(23)10-12)21-17(24)3-4-22-5-7-25-8-6-22/h1-2,11-12,14,18,23H,3-10H2,(H,21,24)/t12?,14?,18-/m1/s1. The maximum absolute atomic E-state index is 14.2. The molecule has 1 saturated carbocycles. The van der Waals surface area contributed by atoms with Crippen molar-refractivity contribution in [1.82, 2.24) is 10.2 Å². The van der Waals surface area contributed by atoms with Gasteiger partial charge in [-0.1, -0.05) is 6.07 Å². The molecule has 1 aromatic carbocycles. The van der Waals surface area contributed by atoms with Crippen LogP contribution in [0.1, 0.15) is 30.9 Å². The smallest absolute Gasteiger partial charge is 0.221 e. The van der Waals surface area contributed by atoms with Gasteiger partial charge >= 0.3 is 0 Å². The van der Waals surface area contributed by atoms with Crippen molar-refractivity contribution in [2.24, 2.45) is 5.92 Å². The highest BCUT2D eigenvalue weighted by Gasteiger charge is 2.36. The molecule has 1 aromatic rings. The maximum atomic E-state index is 14.2. The highest BCUT2D eigenvalue weighted by atomic mass is 19.1. The topological polar surface area (TPSA) is 61.8 Å². The van der Waals surface area contributed by atoms with Gasteiger partial charge in [-0.15, -0.1) is 0 Å². The van der Waals surface area contributed by atoms with Crippen LogP contribution in [0.3, 0.4) is 0 Å². The number of ether oxygens (including phenoxy) is 1. The van der Waals surface area contributed by atoms with Gasteiger partial charge in [-0.2, -0.15) is 0 Å². The van der Waals surface area contributed by atoms with E-state index in [-0.39, 0.29) is 17.4 Å². The molecule has 3 rings (SSSR count). The molecule has 1 aliphatic carbocycles. The Kier molecular flexibility index (Phi) is 5.98. The monoisotopic (exact) mass is 354 g/mol. The van der Waals surface area contributed by atoms with Gasteiger partial charge in [0.2, 0.25) is 5.91 Å². The summed E-state index contributed by atoms with van der Waals surface area (Å²) < 4.78 is 32.6. The van der Waals surface area contributed by atoms with E-state index in [0.29, 0.717) is 39.0 Å². The molecule has 1 saturated heterocycles. The van der Waals surface area contributed by atoms with Gasteiger partial charge < -0.3 is 15.2 Å². The molecule has 1 aliphatic heterocycles. The van der Waals surface area contributed by atoms with Crippen LogP contribution in [-0.2, 0) is 9.53 Å². The molecule has 2 N–H and O–H groups in total. The number of aliphatic hydroxyl groups is 1. The van der Waals surface area contributed by atoms with E-state index < -0.39 is 23.8 Å². The number of morpholine rings is 1. The van der Waals surface area contributed by atoms with Gasteiger partial charge in [0.25, 0.3) is 0 Å². The molecule has 25 heavy (non-hydrogen) atoms. The van der Waals surface area contributed by atoms with Crippen LogP contribution < -0.4 is 5.32 Å². The van der Waals surface area contributed by atoms with E-state index in [0.717, 1.165) is 19.2 Å². The first-order valence-electron chi connectivity index (χ1n) is 8.75. The van der Waals surface area contributed by atoms with E-state index in [2.05, 4.69) is 10.2 Å². The molecule has 1 atom stereocenters. The van der Waals surface area contributed by atoms with Crippen LogP contribution in [-0.4, -0.2) is 54.9 Å². The van der Waals surface area contributed by atoms with Gasteiger partial charge in [0.15, 0.2) is 0 Å². The third-order valence-electron chi connectivity index (χ3n) is 4.99. The molecule has 0 bridgehead atoms. The first-order chi connectivity index (χ1) is 12.0. The summed E-state index contributed by atoms with van der Waals surface area (Å²) in [5.74, 6) is -1.52. The molecular weight excluding hydrogens is 330 g/mol. The summed E-state index contributed by atoms with van der Waals surface area (Å²) in [5, 5.41) is 12.4. The van der Waals surface area contributed by atoms with Crippen molar-refractivity contribution in [2.75, 3.05) is 32.8 Å². The molecule has 2 aliphatic rings. The summed E-state index contributed by atoms with van der Waals surface area (Å²) in [7, 11) is 0. The Bertz CT molecular complexity index is 602. The number of hydrogen-bond acceptors (Lipinski definition) is 4. The van der Waals surface area contributed by atoms with Gasteiger partial charge in [-0.25, -0.2) is 8.78 Å². The zero-order valence-electron chi connectivity index (χ0n) is 14.1.